The molecule has 3 nitrogen and oxygen atoms in total. The molecule has 82 valence electrons. The molecule has 0 aliphatic heterocycles. The fraction of sp³-hybridized carbons (Fsp3) is 0.0833. The van der Waals surface area contributed by atoms with Crippen LogP contribution in [-0.4, -0.2) is 4.98 Å². The Labute approximate surface area is 98.8 Å². The van der Waals surface area contributed by atoms with E-state index in [2.05, 4.69) is 4.98 Å². The number of nitrogens with two attached hydrogens (primary N) is 1. The molecular formula is C12H11ClN2O. The van der Waals surface area contributed by atoms with Gasteiger partial charge in [0.1, 0.15) is 11.6 Å². The number of ether oxygens (including phenoxy) is 1. The van der Waals surface area contributed by atoms with Gasteiger partial charge in [0, 0.05) is 6.07 Å². The molecule has 0 fully saturated rings. The van der Waals surface area contributed by atoms with Gasteiger partial charge in [-0.3, -0.25) is 0 Å². The van der Waals surface area contributed by atoms with Crippen molar-refractivity contribution in [3.8, 4) is 11.6 Å². The molecule has 2 rings (SSSR count). The first-order chi connectivity index (χ1) is 7.65. The lowest BCUT2D eigenvalue weighted by molar-refractivity contribution is 0.464. The van der Waals surface area contributed by atoms with Crippen molar-refractivity contribution in [2.75, 3.05) is 5.73 Å². The van der Waals surface area contributed by atoms with E-state index in [1.165, 1.54) is 0 Å². The van der Waals surface area contributed by atoms with Crippen LogP contribution in [0.1, 0.15) is 5.56 Å². The van der Waals surface area contributed by atoms with Crippen LogP contribution in [0.2, 0.25) is 5.02 Å². The Bertz CT molecular complexity index is 514. The van der Waals surface area contributed by atoms with Crippen LogP contribution >= 0.6 is 11.6 Å². The zero-order valence-electron chi connectivity index (χ0n) is 8.77. The van der Waals surface area contributed by atoms with Gasteiger partial charge in [0.2, 0.25) is 5.88 Å². The molecule has 16 heavy (non-hydrogen) atoms. The highest BCUT2D eigenvalue weighted by Gasteiger charge is 2.04. The van der Waals surface area contributed by atoms with Crippen molar-refractivity contribution in [2.24, 2.45) is 0 Å². The lowest BCUT2D eigenvalue weighted by Crippen LogP contribution is -1.93. The molecule has 2 aromatic rings. The van der Waals surface area contributed by atoms with E-state index in [-0.39, 0.29) is 0 Å². The number of aromatic nitrogens is 1. The first-order valence-electron chi connectivity index (χ1n) is 4.82. The topological polar surface area (TPSA) is 48.1 Å². The van der Waals surface area contributed by atoms with Gasteiger partial charge >= 0.3 is 0 Å². The number of anilines is 1. The highest BCUT2D eigenvalue weighted by atomic mass is 35.5. The number of rotatable bonds is 2. The standard InChI is InChI=1S/C12H11ClN2O/c1-8-5-6-10(9(13)7-8)16-12-4-2-3-11(14)15-12/h2-7H,1H3,(H2,14,15). The summed E-state index contributed by atoms with van der Waals surface area (Å²) in [6.07, 6.45) is 0. The van der Waals surface area contributed by atoms with Crippen LogP contribution in [0.15, 0.2) is 36.4 Å². The third kappa shape index (κ3) is 2.44. The van der Waals surface area contributed by atoms with Crippen LogP contribution in [0, 0.1) is 6.92 Å². The molecule has 4 heteroatoms. The maximum absolute atomic E-state index is 6.04. The molecule has 0 bridgehead atoms. The van der Waals surface area contributed by atoms with E-state index in [4.69, 9.17) is 22.1 Å². The number of benzene rings is 1. The van der Waals surface area contributed by atoms with Gasteiger partial charge in [-0.2, -0.15) is 4.98 Å². The molecule has 0 saturated carbocycles. The third-order valence-electron chi connectivity index (χ3n) is 2.05. The van der Waals surface area contributed by atoms with E-state index >= 15 is 0 Å². The fourth-order valence-corrected chi connectivity index (χ4v) is 1.56. The van der Waals surface area contributed by atoms with Crippen LogP contribution in [0.5, 0.6) is 11.6 Å². The van der Waals surface area contributed by atoms with Gasteiger partial charge < -0.3 is 10.5 Å². The van der Waals surface area contributed by atoms with Crippen LogP contribution in [-0.2, 0) is 0 Å². The second-order valence-corrected chi connectivity index (χ2v) is 3.84. The molecule has 0 amide bonds. The van der Waals surface area contributed by atoms with Crippen molar-refractivity contribution in [1.29, 1.82) is 0 Å². The van der Waals surface area contributed by atoms with Gasteiger partial charge in [0.15, 0.2) is 0 Å². The number of aryl methyl sites for hydroxylation is 1. The van der Waals surface area contributed by atoms with E-state index in [1.807, 2.05) is 25.1 Å². The van der Waals surface area contributed by atoms with Crippen molar-refractivity contribution in [1.82, 2.24) is 4.98 Å². The Morgan fingerprint density at radius 2 is 2.06 bits per heavy atom. The molecule has 0 spiro atoms. The predicted molar refractivity (Wildman–Crippen MR) is 64.9 cm³/mol. The second-order valence-electron chi connectivity index (χ2n) is 3.44. The lowest BCUT2D eigenvalue weighted by Gasteiger charge is -2.07. The molecular weight excluding hydrogens is 224 g/mol. The Morgan fingerprint density at radius 3 is 2.75 bits per heavy atom. The molecule has 1 heterocycles. The van der Waals surface area contributed by atoms with Gasteiger partial charge in [-0.15, -0.1) is 0 Å². The Morgan fingerprint density at radius 1 is 1.25 bits per heavy atom. The van der Waals surface area contributed by atoms with Crippen LogP contribution in [0.3, 0.4) is 0 Å². The first-order valence-corrected chi connectivity index (χ1v) is 5.19. The summed E-state index contributed by atoms with van der Waals surface area (Å²) in [5.74, 6) is 1.43. The van der Waals surface area contributed by atoms with Crippen LogP contribution in [0.4, 0.5) is 5.82 Å². The molecule has 0 unspecified atom stereocenters. The second kappa shape index (κ2) is 4.41. The summed E-state index contributed by atoms with van der Waals surface area (Å²) in [5, 5.41) is 0.559. The van der Waals surface area contributed by atoms with E-state index in [0.29, 0.717) is 22.5 Å². The maximum Gasteiger partial charge on any atom is 0.221 e. The molecule has 0 saturated heterocycles. The van der Waals surface area contributed by atoms with Gasteiger partial charge in [-0.05, 0) is 30.7 Å². The van der Waals surface area contributed by atoms with Crippen LogP contribution < -0.4 is 10.5 Å². The molecule has 0 aliphatic carbocycles. The van der Waals surface area contributed by atoms with Gasteiger partial charge in [-0.1, -0.05) is 23.7 Å². The Hall–Kier alpha value is -1.74. The highest BCUT2D eigenvalue weighted by Crippen LogP contribution is 2.29. The van der Waals surface area contributed by atoms with Crippen molar-refractivity contribution in [3.63, 3.8) is 0 Å². The minimum absolute atomic E-state index is 0.417. The van der Waals surface area contributed by atoms with Crippen LogP contribution in [0.25, 0.3) is 0 Å². The zero-order chi connectivity index (χ0) is 11.5. The van der Waals surface area contributed by atoms with E-state index in [9.17, 15) is 0 Å². The molecule has 0 aliphatic rings. The summed E-state index contributed by atoms with van der Waals surface area (Å²) in [7, 11) is 0. The van der Waals surface area contributed by atoms with Crippen molar-refractivity contribution >= 4 is 17.4 Å². The summed E-state index contributed by atoms with van der Waals surface area (Å²) in [4.78, 5) is 4.03. The predicted octanol–water partition coefficient (Wildman–Crippen LogP) is 3.42. The first kappa shape index (κ1) is 10.8. The van der Waals surface area contributed by atoms with Gasteiger partial charge in [-0.25, -0.2) is 0 Å². The monoisotopic (exact) mass is 234 g/mol. The summed E-state index contributed by atoms with van der Waals surface area (Å²) >= 11 is 6.04. The maximum atomic E-state index is 6.04. The largest absolute Gasteiger partial charge is 0.437 e. The number of pyridine rings is 1. The van der Waals surface area contributed by atoms with E-state index < -0.39 is 0 Å². The van der Waals surface area contributed by atoms with E-state index in [0.717, 1.165) is 5.56 Å². The van der Waals surface area contributed by atoms with Crippen molar-refractivity contribution < 1.29 is 4.74 Å². The quantitative estimate of drug-likeness (QED) is 0.866. The summed E-state index contributed by atoms with van der Waals surface area (Å²) in [5.41, 5.74) is 6.63. The average molecular weight is 235 g/mol. The molecule has 2 N–H and O–H groups in total. The number of nitrogens with zero attached hydrogens (tertiary/aromatic N) is 1. The average Bonchev–Trinajstić information content (AvgIpc) is 2.22. The van der Waals surface area contributed by atoms with Gasteiger partial charge in [0.05, 0.1) is 5.02 Å². The minimum atomic E-state index is 0.417. The van der Waals surface area contributed by atoms with Crippen molar-refractivity contribution in [2.45, 2.75) is 6.92 Å². The minimum Gasteiger partial charge on any atom is -0.437 e. The number of hydrogen-bond acceptors (Lipinski definition) is 3. The lowest BCUT2D eigenvalue weighted by atomic mass is 10.2. The Balaban J connectivity index is 2.27. The Kier molecular flexibility index (Phi) is 2.97. The normalized spacial score (nSPS) is 10.1. The van der Waals surface area contributed by atoms with Gasteiger partial charge in [0.25, 0.3) is 0 Å². The number of nitrogen functional groups attached to an aromatic ring is 1. The third-order valence-corrected chi connectivity index (χ3v) is 2.34. The molecule has 1 aromatic heterocycles. The summed E-state index contributed by atoms with van der Waals surface area (Å²) in [6, 6.07) is 10.8. The zero-order valence-corrected chi connectivity index (χ0v) is 9.53. The molecule has 1 aromatic carbocycles. The highest BCUT2D eigenvalue weighted by molar-refractivity contribution is 6.32. The summed E-state index contributed by atoms with van der Waals surface area (Å²) < 4.78 is 5.52. The van der Waals surface area contributed by atoms with Crippen molar-refractivity contribution in [3.05, 3.63) is 47.0 Å². The summed E-state index contributed by atoms with van der Waals surface area (Å²) in [6.45, 7) is 1.97. The molecule has 0 radical (unpaired) electrons. The fourth-order valence-electron chi connectivity index (χ4n) is 1.29. The molecule has 0 atom stereocenters. The number of halogens is 1. The van der Waals surface area contributed by atoms with E-state index in [1.54, 1.807) is 18.2 Å². The SMILES string of the molecule is Cc1ccc(Oc2cccc(N)n2)c(Cl)c1. The smallest absolute Gasteiger partial charge is 0.221 e. The number of hydrogen-bond donors (Lipinski definition) is 1.